The van der Waals surface area contributed by atoms with Gasteiger partial charge in [0, 0.05) is 35.7 Å². The lowest BCUT2D eigenvalue weighted by Crippen LogP contribution is -2.31. The first-order valence-corrected chi connectivity index (χ1v) is 11.9. The van der Waals surface area contributed by atoms with Crippen molar-refractivity contribution in [3.05, 3.63) is 101 Å². The zero-order chi connectivity index (χ0) is 23.5. The van der Waals surface area contributed by atoms with Gasteiger partial charge in [-0.3, -0.25) is 0 Å². The van der Waals surface area contributed by atoms with Crippen LogP contribution in [0, 0.1) is 18.3 Å². The van der Waals surface area contributed by atoms with Gasteiger partial charge < -0.3 is 10.2 Å². The molecule has 0 atom stereocenters. The van der Waals surface area contributed by atoms with Crippen LogP contribution in [0.1, 0.15) is 59.4 Å². The molecule has 5 nitrogen and oxygen atoms in total. The Morgan fingerprint density at radius 2 is 1.79 bits per heavy atom. The van der Waals surface area contributed by atoms with Crippen molar-refractivity contribution in [3.8, 4) is 6.07 Å². The lowest BCUT2D eigenvalue weighted by atomic mass is 9.88. The van der Waals surface area contributed by atoms with Crippen LogP contribution in [0.4, 0.5) is 5.69 Å². The maximum absolute atomic E-state index is 9.04. The van der Waals surface area contributed by atoms with Crippen LogP contribution in [-0.2, 0) is 0 Å². The van der Waals surface area contributed by atoms with Gasteiger partial charge in [0.2, 0.25) is 0 Å². The molecule has 2 aromatic carbocycles. The highest BCUT2D eigenvalue weighted by Crippen LogP contribution is 2.38. The standard InChI is InChI=1S/C29H29N5/c1-20-3-6-26(17-28(20)33-29(25-9-10-25)27-11-14-31-32-19-27)21(2)34-15-12-24(13-16-34)23-7-4-22(18-30)5-8-23/h3-8,11,14,17,19,24,33H,2,9-10,12-13,15-16H2,1H3. The van der Waals surface area contributed by atoms with Gasteiger partial charge in [-0.25, -0.2) is 0 Å². The third-order valence-electron chi connectivity index (χ3n) is 6.94. The van der Waals surface area contributed by atoms with Crippen molar-refractivity contribution in [2.45, 2.75) is 38.5 Å². The van der Waals surface area contributed by atoms with E-state index in [0.29, 0.717) is 5.92 Å². The largest absolute Gasteiger partial charge is 0.371 e. The average molecular weight is 448 g/mol. The quantitative estimate of drug-likeness (QED) is 0.493. The Hall–Kier alpha value is -3.91. The molecule has 5 heteroatoms. The predicted molar refractivity (Wildman–Crippen MR) is 137 cm³/mol. The second-order valence-electron chi connectivity index (χ2n) is 9.21. The molecule has 5 rings (SSSR count). The van der Waals surface area contributed by atoms with Gasteiger partial charge in [0.05, 0.1) is 24.0 Å². The monoisotopic (exact) mass is 447 g/mol. The molecule has 2 fully saturated rings. The molecule has 0 amide bonds. The third kappa shape index (κ3) is 4.72. The summed E-state index contributed by atoms with van der Waals surface area (Å²) in [5.74, 6) is 0.536. The molecular weight excluding hydrogens is 418 g/mol. The highest BCUT2D eigenvalue weighted by molar-refractivity contribution is 5.82. The summed E-state index contributed by atoms with van der Waals surface area (Å²) in [4.78, 5) is 2.40. The Kier molecular flexibility index (Phi) is 6.14. The highest BCUT2D eigenvalue weighted by atomic mass is 15.1. The SMILES string of the molecule is C=C(c1ccc(C)c(NC(=C2CC2)c2ccnnc2)c1)N1CCC(c2ccc(C#N)cc2)CC1. The van der Waals surface area contributed by atoms with Crippen LogP contribution in [0.15, 0.2) is 73.1 Å². The number of aryl methyl sites for hydroxylation is 1. The number of benzene rings is 2. The van der Waals surface area contributed by atoms with Crippen LogP contribution in [0.3, 0.4) is 0 Å². The summed E-state index contributed by atoms with van der Waals surface area (Å²) in [6.45, 7) is 8.56. The summed E-state index contributed by atoms with van der Waals surface area (Å²) < 4.78 is 0. The van der Waals surface area contributed by atoms with E-state index in [0.717, 1.165) is 72.5 Å². The summed E-state index contributed by atoms with van der Waals surface area (Å²) >= 11 is 0. The summed E-state index contributed by atoms with van der Waals surface area (Å²) in [7, 11) is 0. The fourth-order valence-corrected chi connectivity index (χ4v) is 4.68. The van der Waals surface area contributed by atoms with Gasteiger partial charge in [0.1, 0.15) is 0 Å². The second-order valence-corrected chi connectivity index (χ2v) is 9.21. The van der Waals surface area contributed by atoms with Gasteiger partial charge in [0.15, 0.2) is 0 Å². The first-order valence-electron chi connectivity index (χ1n) is 11.9. The Morgan fingerprint density at radius 1 is 1.03 bits per heavy atom. The Morgan fingerprint density at radius 3 is 2.44 bits per heavy atom. The fraction of sp³-hybridized carbons (Fsp3) is 0.276. The number of nitrogens with zero attached hydrogens (tertiary/aromatic N) is 4. The number of likely N-dealkylation sites (tertiary alicyclic amines) is 1. The van der Waals surface area contributed by atoms with Gasteiger partial charge in [-0.1, -0.05) is 30.8 Å². The molecule has 1 N–H and O–H groups in total. The minimum atomic E-state index is 0.536. The van der Waals surface area contributed by atoms with Gasteiger partial charge in [-0.2, -0.15) is 15.5 Å². The topological polar surface area (TPSA) is 64.8 Å². The molecule has 0 spiro atoms. The molecule has 0 bridgehead atoms. The van der Waals surface area contributed by atoms with Crippen molar-refractivity contribution >= 4 is 17.1 Å². The Balaban J connectivity index is 1.28. The van der Waals surface area contributed by atoms with E-state index in [-0.39, 0.29) is 0 Å². The van der Waals surface area contributed by atoms with Crippen molar-refractivity contribution in [2.24, 2.45) is 0 Å². The zero-order valence-corrected chi connectivity index (χ0v) is 19.6. The Bertz CT molecular complexity index is 1250. The summed E-state index contributed by atoms with van der Waals surface area (Å²) in [6, 6.07) is 18.8. The van der Waals surface area contributed by atoms with E-state index in [1.165, 1.54) is 16.7 Å². The van der Waals surface area contributed by atoms with Crippen LogP contribution >= 0.6 is 0 Å². The molecule has 1 saturated carbocycles. The molecule has 3 aromatic rings. The minimum Gasteiger partial charge on any atom is -0.371 e. The van der Waals surface area contributed by atoms with Crippen LogP contribution in [0.2, 0.25) is 0 Å². The molecule has 0 radical (unpaired) electrons. The van der Waals surface area contributed by atoms with Crippen LogP contribution in [-0.4, -0.2) is 28.2 Å². The van der Waals surface area contributed by atoms with E-state index in [9.17, 15) is 0 Å². The summed E-state index contributed by atoms with van der Waals surface area (Å²) in [5.41, 5.74) is 10.3. The third-order valence-corrected chi connectivity index (χ3v) is 6.94. The Labute approximate surface area is 201 Å². The lowest BCUT2D eigenvalue weighted by Gasteiger charge is -2.35. The predicted octanol–water partition coefficient (Wildman–Crippen LogP) is 6.12. The molecular formula is C29H29N5. The molecule has 170 valence electrons. The van der Waals surface area contributed by atoms with E-state index in [1.54, 1.807) is 6.20 Å². The number of hydrogen-bond donors (Lipinski definition) is 1. The molecule has 1 saturated heterocycles. The van der Waals surface area contributed by atoms with Crippen molar-refractivity contribution in [1.29, 1.82) is 5.26 Å². The average Bonchev–Trinajstić information content (AvgIpc) is 3.74. The maximum atomic E-state index is 9.04. The number of rotatable bonds is 6. The first-order chi connectivity index (χ1) is 16.6. The number of nitriles is 1. The van der Waals surface area contributed by atoms with E-state index >= 15 is 0 Å². The molecule has 34 heavy (non-hydrogen) atoms. The van der Waals surface area contributed by atoms with Gasteiger partial charge in [-0.05, 0) is 85.1 Å². The van der Waals surface area contributed by atoms with Crippen molar-refractivity contribution in [3.63, 3.8) is 0 Å². The smallest absolute Gasteiger partial charge is 0.0991 e. The second kappa shape index (κ2) is 9.52. The van der Waals surface area contributed by atoms with Crippen LogP contribution < -0.4 is 5.32 Å². The molecule has 1 aliphatic carbocycles. The van der Waals surface area contributed by atoms with Crippen molar-refractivity contribution in [2.75, 3.05) is 18.4 Å². The van der Waals surface area contributed by atoms with E-state index in [2.05, 4.69) is 70.3 Å². The van der Waals surface area contributed by atoms with Crippen LogP contribution in [0.25, 0.3) is 11.4 Å². The number of nitrogens with one attached hydrogen (secondary N) is 1. The van der Waals surface area contributed by atoms with Crippen molar-refractivity contribution < 1.29 is 0 Å². The fourth-order valence-electron chi connectivity index (χ4n) is 4.68. The normalized spacial score (nSPS) is 15.5. The van der Waals surface area contributed by atoms with E-state index < -0.39 is 0 Å². The number of piperidine rings is 1. The van der Waals surface area contributed by atoms with Gasteiger partial charge >= 0.3 is 0 Å². The molecule has 0 unspecified atom stereocenters. The zero-order valence-electron chi connectivity index (χ0n) is 19.6. The van der Waals surface area contributed by atoms with Crippen LogP contribution in [0.5, 0.6) is 0 Å². The lowest BCUT2D eigenvalue weighted by molar-refractivity contribution is 0.299. The first kappa shape index (κ1) is 21.9. The molecule has 2 aliphatic rings. The molecule has 2 heterocycles. The van der Waals surface area contributed by atoms with Gasteiger partial charge in [-0.15, -0.1) is 0 Å². The number of aromatic nitrogens is 2. The maximum Gasteiger partial charge on any atom is 0.0991 e. The highest BCUT2D eigenvalue weighted by Gasteiger charge is 2.23. The summed E-state index contributed by atoms with van der Waals surface area (Å²) in [5, 5.41) is 20.7. The molecule has 1 aliphatic heterocycles. The number of anilines is 1. The number of hydrogen-bond acceptors (Lipinski definition) is 5. The minimum absolute atomic E-state index is 0.536. The van der Waals surface area contributed by atoms with E-state index in [4.69, 9.17) is 5.26 Å². The van der Waals surface area contributed by atoms with E-state index in [1.807, 2.05) is 24.4 Å². The molecule has 1 aromatic heterocycles. The number of allylic oxidation sites excluding steroid dienone is 1. The van der Waals surface area contributed by atoms with Gasteiger partial charge in [0.25, 0.3) is 0 Å². The van der Waals surface area contributed by atoms with Crippen molar-refractivity contribution in [1.82, 2.24) is 15.1 Å². The summed E-state index contributed by atoms with van der Waals surface area (Å²) in [6.07, 6.45) is 8.01.